The van der Waals surface area contributed by atoms with Crippen molar-refractivity contribution in [2.75, 3.05) is 45.9 Å². The summed E-state index contributed by atoms with van der Waals surface area (Å²) in [6.07, 6.45) is 0.846. The number of nitrogens with one attached hydrogen (secondary N) is 1. The quantitative estimate of drug-likeness (QED) is 0.612. The third kappa shape index (κ3) is 4.94. The third-order valence-corrected chi connectivity index (χ3v) is 5.77. The summed E-state index contributed by atoms with van der Waals surface area (Å²) in [5.74, 6) is 0.918. The molecule has 3 heterocycles. The average Bonchev–Trinajstić information content (AvgIpc) is 3.26. The van der Waals surface area contributed by atoms with Crippen LogP contribution in [0.4, 0.5) is 0 Å². The molecule has 2 aliphatic rings. The number of likely N-dealkylation sites (tertiary alicyclic amines) is 1. The molecule has 2 saturated heterocycles. The van der Waals surface area contributed by atoms with Gasteiger partial charge in [0.25, 0.3) is 0 Å². The van der Waals surface area contributed by atoms with Gasteiger partial charge in [-0.05, 0) is 31.7 Å². The van der Waals surface area contributed by atoms with Crippen LogP contribution in [0.1, 0.15) is 31.2 Å². The Morgan fingerprint density at radius 1 is 1.48 bits per heavy atom. The Kier molecular flexibility index (Phi) is 6.70. The average molecular weight is 367 g/mol. The van der Waals surface area contributed by atoms with Crippen LogP contribution in [0.15, 0.2) is 22.5 Å². The van der Waals surface area contributed by atoms with Crippen LogP contribution in [-0.2, 0) is 4.74 Å². The molecule has 2 unspecified atom stereocenters. The molecule has 0 aromatic carbocycles. The second kappa shape index (κ2) is 8.98. The number of aliphatic hydroxyl groups is 1. The van der Waals surface area contributed by atoms with Gasteiger partial charge in [-0.3, -0.25) is 9.89 Å². The van der Waals surface area contributed by atoms with Crippen LogP contribution in [0.3, 0.4) is 0 Å². The maximum atomic E-state index is 9.83. The highest BCUT2D eigenvalue weighted by atomic mass is 32.1. The van der Waals surface area contributed by atoms with E-state index in [1.54, 1.807) is 11.3 Å². The van der Waals surface area contributed by atoms with E-state index in [2.05, 4.69) is 46.5 Å². The third-order valence-electron chi connectivity index (χ3n) is 4.80. The lowest BCUT2D eigenvalue weighted by molar-refractivity contribution is -0.0327. The highest BCUT2D eigenvalue weighted by Crippen LogP contribution is 2.27. The van der Waals surface area contributed by atoms with E-state index in [0.29, 0.717) is 6.54 Å². The van der Waals surface area contributed by atoms with E-state index >= 15 is 0 Å². The normalized spacial score (nSPS) is 26.8. The molecule has 2 N–H and O–H groups in total. The van der Waals surface area contributed by atoms with Crippen molar-refractivity contribution in [1.29, 1.82) is 0 Å². The van der Waals surface area contributed by atoms with Gasteiger partial charge in [0.05, 0.1) is 31.4 Å². The van der Waals surface area contributed by atoms with Crippen molar-refractivity contribution in [3.8, 4) is 0 Å². The predicted molar refractivity (Wildman–Crippen MR) is 102 cm³/mol. The molecule has 7 heteroatoms. The van der Waals surface area contributed by atoms with Crippen LogP contribution >= 0.6 is 11.3 Å². The summed E-state index contributed by atoms with van der Waals surface area (Å²) in [4.78, 5) is 10.9. The van der Waals surface area contributed by atoms with Crippen molar-refractivity contribution in [3.05, 3.63) is 22.4 Å². The number of thiophene rings is 1. The molecule has 25 heavy (non-hydrogen) atoms. The lowest BCUT2D eigenvalue weighted by atomic mass is 10.1. The Hall–Kier alpha value is -1.15. The number of ether oxygens (including phenoxy) is 1. The second-order valence-electron chi connectivity index (χ2n) is 6.79. The molecule has 0 saturated carbocycles. The molecule has 140 valence electrons. The summed E-state index contributed by atoms with van der Waals surface area (Å²) in [6, 6.07) is 4.60. The number of hydrogen-bond donors (Lipinski definition) is 2. The molecule has 0 radical (unpaired) electrons. The highest BCUT2D eigenvalue weighted by Gasteiger charge is 2.27. The van der Waals surface area contributed by atoms with Crippen molar-refractivity contribution in [2.24, 2.45) is 4.99 Å². The fourth-order valence-corrected chi connectivity index (χ4v) is 4.38. The molecule has 0 bridgehead atoms. The van der Waals surface area contributed by atoms with E-state index < -0.39 is 0 Å². The van der Waals surface area contributed by atoms with Gasteiger partial charge in [0.2, 0.25) is 0 Å². The molecule has 3 rings (SSSR count). The first kappa shape index (κ1) is 18.6. The van der Waals surface area contributed by atoms with Gasteiger partial charge in [-0.15, -0.1) is 11.3 Å². The number of guanidine groups is 1. The van der Waals surface area contributed by atoms with Crippen molar-refractivity contribution in [1.82, 2.24) is 15.1 Å². The maximum Gasteiger partial charge on any atom is 0.194 e. The number of hydrogen-bond acceptors (Lipinski definition) is 5. The number of rotatable bonds is 5. The van der Waals surface area contributed by atoms with Crippen molar-refractivity contribution < 1.29 is 9.84 Å². The van der Waals surface area contributed by atoms with Crippen molar-refractivity contribution in [2.45, 2.75) is 38.5 Å². The topological polar surface area (TPSA) is 60.3 Å². The van der Waals surface area contributed by atoms with Crippen LogP contribution in [0.2, 0.25) is 0 Å². The van der Waals surface area contributed by atoms with Crippen molar-refractivity contribution >= 4 is 17.3 Å². The van der Waals surface area contributed by atoms with E-state index in [9.17, 15) is 5.11 Å². The Morgan fingerprint density at radius 2 is 2.36 bits per heavy atom. The first-order chi connectivity index (χ1) is 12.2. The Bertz CT molecular complexity index is 551. The summed E-state index contributed by atoms with van der Waals surface area (Å²) in [7, 11) is 0. The van der Waals surface area contributed by atoms with Gasteiger partial charge in [0.15, 0.2) is 5.96 Å². The Labute approximate surface area is 154 Å². The van der Waals surface area contributed by atoms with Gasteiger partial charge >= 0.3 is 0 Å². The van der Waals surface area contributed by atoms with Gasteiger partial charge < -0.3 is 20.1 Å². The van der Waals surface area contributed by atoms with E-state index in [1.807, 2.05) is 0 Å². The number of aliphatic hydroxyl groups excluding tert-OH is 1. The molecule has 0 aliphatic carbocycles. The first-order valence-electron chi connectivity index (χ1n) is 9.27. The molecule has 2 fully saturated rings. The Morgan fingerprint density at radius 3 is 3.00 bits per heavy atom. The molecule has 0 amide bonds. The second-order valence-corrected chi connectivity index (χ2v) is 7.77. The van der Waals surface area contributed by atoms with E-state index in [-0.39, 0.29) is 18.2 Å². The van der Waals surface area contributed by atoms with Crippen LogP contribution in [-0.4, -0.2) is 78.9 Å². The van der Waals surface area contributed by atoms with Gasteiger partial charge in [-0.25, -0.2) is 0 Å². The predicted octanol–water partition coefficient (Wildman–Crippen LogP) is 1.54. The summed E-state index contributed by atoms with van der Waals surface area (Å²) < 4.78 is 5.71. The molecular formula is C18H30N4O2S. The fourth-order valence-electron chi connectivity index (χ4n) is 3.53. The van der Waals surface area contributed by atoms with Gasteiger partial charge in [-0.2, -0.15) is 0 Å². The molecule has 0 spiro atoms. The standard InChI is InChI=1S/C18H30N4O2S/c1-3-19-18(22-7-6-15(23)13-22)20-11-16(17-5-4-10-25-17)21-8-9-24-14(2)12-21/h4-5,10,14-16,23H,3,6-9,11-13H2,1-2H3,(H,19,20)/t14?,15-,16?/m1/s1. The van der Waals surface area contributed by atoms with Gasteiger partial charge in [0.1, 0.15) is 0 Å². The van der Waals surface area contributed by atoms with Crippen LogP contribution in [0.5, 0.6) is 0 Å². The van der Waals surface area contributed by atoms with Crippen molar-refractivity contribution in [3.63, 3.8) is 0 Å². The van der Waals surface area contributed by atoms with Crippen LogP contribution in [0, 0.1) is 0 Å². The zero-order chi connectivity index (χ0) is 17.6. The monoisotopic (exact) mass is 366 g/mol. The molecule has 2 aliphatic heterocycles. The number of morpholine rings is 1. The number of aliphatic imine (C=N–C) groups is 1. The molecule has 1 aromatic rings. The maximum absolute atomic E-state index is 9.83. The largest absolute Gasteiger partial charge is 0.391 e. The summed E-state index contributed by atoms with van der Waals surface area (Å²) >= 11 is 1.80. The summed E-state index contributed by atoms with van der Waals surface area (Å²) in [5.41, 5.74) is 0. The molecule has 3 atom stereocenters. The lowest BCUT2D eigenvalue weighted by Gasteiger charge is -2.36. The summed E-state index contributed by atoms with van der Waals surface area (Å²) in [6.45, 7) is 9.99. The lowest BCUT2D eigenvalue weighted by Crippen LogP contribution is -2.45. The smallest absolute Gasteiger partial charge is 0.194 e. The first-order valence-corrected chi connectivity index (χ1v) is 10.2. The Balaban J connectivity index is 1.74. The van der Waals surface area contributed by atoms with Gasteiger partial charge in [0, 0.05) is 37.6 Å². The molecular weight excluding hydrogens is 336 g/mol. The zero-order valence-corrected chi connectivity index (χ0v) is 16.0. The van der Waals surface area contributed by atoms with E-state index in [4.69, 9.17) is 9.73 Å². The van der Waals surface area contributed by atoms with Gasteiger partial charge in [-0.1, -0.05) is 6.07 Å². The minimum Gasteiger partial charge on any atom is -0.391 e. The zero-order valence-electron chi connectivity index (χ0n) is 15.2. The SMILES string of the molecule is CCNC(=NCC(c1cccs1)N1CCOC(C)C1)N1CC[C@@H](O)C1. The van der Waals surface area contributed by atoms with Crippen LogP contribution in [0.25, 0.3) is 0 Å². The number of nitrogens with zero attached hydrogens (tertiary/aromatic N) is 3. The highest BCUT2D eigenvalue weighted by molar-refractivity contribution is 7.10. The molecule has 1 aromatic heterocycles. The van der Waals surface area contributed by atoms with E-state index in [1.165, 1.54) is 4.88 Å². The minimum atomic E-state index is -0.239. The minimum absolute atomic E-state index is 0.239. The summed E-state index contributed by atoms with van der Waals surface area (Å²) in [5, 5.41) is 15.4. The fraction of sp³-hybridized carbons (Fsp3) is 0.722. The van der Waals surface area contributed by atoms with E-state index in [0.717, 1.165) is 51.7 Å². The number of β-amino-alcohol motifs (C(OH)–C–C–N with tert-alkyl or cyclic N) is 1. The van der Waals surface area contributed by atoms with Crippen LogP contribution < -0.4 is 5.32 Å². The molecule has 6 nitrogen and oxygen atoms in total.